The van der Waals surface area contributed by atoms with Crippen LogP contribution < -0.4 is 5.73 Å². The molecule has 0 aliphatic heterocycles. The van der Waals surface area contributed by atoms with Gasteiger partial charge in [0.15, 0.2) is 5.82 Å². The Labute approximate surface area is 139 Å². The quantitative estimate of drug-likeness (QED) is 0.687. The van der Waals surface area contributed by atoms with Crippen LogP contribution in [0.1, 0.15) is 19.0 Å². The third-order valence-electron chi connectivity index (χ3n) is 2.60. The van der Waals surface area contributed by atoms with Crippen molar-refractivity contribution in [2.75, 3.05) is 5.73 Å². The molecule has 0 amide bonds. The number of benzene rings is 1. The van der Waals surface area contributed by atoms with E-state index in [1.165, 1.54) is 0 Å². The molecule has 0 aliphatic rings. The first-order chi connectivity index (χ1) is 9.02. The predicted octanol–water partition coefficient (Wildman–Crippen LogP) is 4.70. The lowest BCUT2D eigenvalue weighted by molar-refractivity contribution is 0.869. The molecule has 0 radical (unpaired) electrons. The van der Waals surface area contributed by atoms with Crippen molar-refractivity contribution in [3.63, 3.8) is 0 Å². The number of hydrogen-bond donors (Lipinski definition) is 1. The lowest BCUT2D eigenvalue weighted by Crippen LogP contribution is -2.05. The molecule has 1 heterocycles. The Hall–Kier alpha value is -0.400. The van der Waals surface area contributed by atoms with E-state index >= 15 is 0 Å². The molecule has 0 unspecified atom stereocenters. The number of nitrogens with two attached hydrogens (primary N) is 1. The average molecular weight is 453 g/mol. The Kier molecular flexibility index (Phi) is 5.03. The summed E-state index contributed by atoms with van der Waals surface area (Å²) in [5, 5.41) is 0.649. The van der Waals surface area contributed by atoms with Gasteiger partial charge < -0.3 is 5.73 Å². The molecule has 1 aromatic heterocycles. The molecule has 19 heavy (non-hydrogen) atoms. The topological polar surface area (TPSA) is 51.8 Å². The van der Waals surface area contributed by atoms with Crippen LogP contribution in [0.2, 0.25) is 5.02 Å². The summed E-state index contributed by atoms with van der Waals surface area (Å²) in [4.78, 5) is 8.97. The van der Waals surface area contributed by atoms with E-state index in [2.05, 4.69) is 55.4 Å². The molecular weight excluding hydrogens is 440 g/mol. The summed E-state index contributed by atoms with van der Waals surface area (Å²) >= 11 is 11.7. The molecule has 0 fully saturated rings. The van der Waals surface area contributed by atoms with E-state index in [1.54, 1.807) is 0 Å². The van der Waals surface area contributed by atoms with Gasteiger partial charge in [-0.05, 0) is 47.2 Å². The minimum atomic E-state index is 0.515. The number of aromatic nitrogens is 2. The van der Waals surface area contributed by atoms with Gasteiger partial charge in [-0.15, -0.1) is 0 Å². The van der Waals surface area contributed by atoms with Crippen LogP contribution in [0.15, 0.2) is 22.7 Å². The Morgan fingerprint density at radius 2 is 2.11 bits per heavy atom. The molecule has 3 nitrogen and oxygen atoms in total. The van der Waals surface area contributed by atoms with E-state index < -0.39 is 0 Å². The average Bonchev–Trinajstić information content (AvgIpc) is 2.38. The van der Waals surface area contributed by atoms with E-state index in [1.807, 2.05) is 18.2 Å². The van der Waals surface area contributed by atoms with Crippen molar-refractivity contribution >= 4 is 55.9 Å². The van der Waals surface area contributed by atoms with E-state index in [0.717, 1.165) is 32.1 Å². The highest BCUT2D eigenvalue weighted by Crippen LogP contribution is 2.30. The first-order valence-corrected chi connectivity index (χ1v) is 8.05. The maximum atomic E-state index is 6.03. The van der Waals surface area contributed by atoms with E-state index in [-0.39, 0.29) is 0 Å². The molecule has 0 saturated carbocycles. The van der Waals surface area contributed by atoms with Gasteiger partial charge in [-0.3, -0.25) is 0 Å². The Morgan fingerprint density at radius 3 is 2.79 bits per heavy atom. The molecule has 100 valence electrons. The Balaban J connectivity index is 2.59. The number of hydrogen-bond acceptors (Lipinski definition) is 3. The second-order valence-corrected chi connectivity index (χ2v) is 6.44. The summed E-state index contributed by atoms with van der Waals surface area (Å²) < 4.78 is 1.83. The monoisotopic (exact) mass is 451 g/mol. The lowest BCUT2D eigenvalue weighted by atomic mass is 10.2. The fourth-order valence-electron chi connectivity index (χ4n) is 1.70. The van der Waals surface area contributed by atoms with Crippen molar-refractivity contribution in [1.82, 2.24) is 9.97 Å². The summed E-state index contributed by atoms with van der Waals surface area (Å²) in [5.74, 6) is 1.12. The van der Waals surface area contributed by atoms with E-state index in [9.17, 15) is 0 Å². The number of nitrogen functional groups attached to an aromatic ring is 1. The fraction of sp³-hybridized carbons (Fsp3) is 0.231. The van der Waals surface area contributed by atoms with Gasteiger partial charge in [-0.2, -0.15) is 0 Å². The Bertz CT molecular complexity index is 619. The maximum absolute atomic E-state index is 6.03. The summed E-state index contributed by atoms with van der Waals surface area (Å²) in [5.41, 5.74) is 7.81. The zero-order valence-electron chi connectivity index (χ0n) is 10.3. The van der Waals surface area contributed by atoms with Crippen LogP contribution in [-0.4, -0.2) is 9.97 Å². The van der Waals surface area contributed by atoms with E-state index in [0.29, 0.717) is 16.7 Å². The highest BCUT2D eigenvalue weighted by atomic mass is 127. The third kappa shape index (κ3) is 3.38. The molecule has 2 aromatic rings. The predicted molar refractivity (Wildman–Crippen MR) is 91.3 cm³/mol. The molecule has 0 atom stereocenters. The van der Waals surface area contributed by atoms with Crippen molar-refractivity contribution in [2.24, 2.45) is 0 Å². The second kappa shape index (κ2) is 6.37. The van der Waals surface area contributed by atoms with Gasteiger partial charge in [0.05, 0.1) is 9.26 Å². The van der Waals surface area contributed by atoms with Crippen molar-refractivity contribution in [3.8, 4) is 11.4 Å². The smallest absolute Gasteiger partial charge is 0.163 e. The molecule has 0 bridgehead atoms. The van der Waals surface area contributed by atoms with Crippen LogP contribution in [0.3, 0.4) is 0 Å². The van der Waals surface area contributed by atoms with Crippen LogP contribution in [0.25, 0.3) is 11.4 Å². The zero-order valence-corrected chi connectivity index (χ0v) is 14.8. The largest absolute Gasteiger partial charge is 0.383 e. The second-order valence-electron chi connectivity index (χ2n) is 4.07. The maximum Gasteiger partial charge on any atom is 0.163 e. The van der Waals surface area contributed by atoms with Crippen LogP contribution in [0, 0.1) is 3.57 Å². The molecule has 1 aromatic carbocycles. The van der Waals surface area contributed by atoms with Crippen LogP contribution in [0.5, 0.6) is 0 Å². The number of rotatable bonds is 3. The molecule has 2 N–H and O–H groups in total. The normalized spacial score (nSPS) is 10.7. The minimum Gasteiger partial charge on any atom is -0.383 e. The van der Waals surface area contributed by atoms with Crippen molar-refractivity contribution < 1.29 is 0 Å². The summed E-state index contributed by atoms with van der Waals surface area (Å²) in [6.45, 7) is 2.11. The van der Waals surface area contributed by atoms with Crippen LogP contribution in [-0.2, 0) is 6.42 Å². The summed E-state index contributed by atoms with van der Waals surface area (Å²) in [6.07, 6.45) is 1.90. The van der Waals surface area contributed by atoms with Gasteiger partial charge in [0.25, 0.3) is 0 Å². The van der Waals surface area contributed by atoms with Crippen LogP contribution >= 0.6 is 50.1 Å². The third-order valence-corrected chi connectivity index (χ3v) is 4.70. The van der Waals surface area contributed by atoms with Gasteiger partial charge in [0.1, 0.15) is 5.82 Å². The lowest BCUT2D eigenvalue weighted by Gasteiger charge is -2.10. The zero-order chi connectivity index (χ0) is 14.0. The van der Waals surface area contributed by atoms with Crippen molar-refractivity contribution in [2.45, 2.75) is 19.8 Å². The molecule has 6 heteroatoms. The summed E-state index contributed by atoms with van der Waals surface area (Å²) in [6, 6.07) is 5.54. The number of halogens is 3. The number of nitrogens with zero attached hydrogens (tertiary/aromatic N) is 2. The highest BCUT2D eigenvalue weighted by molar-refractivity contribution is 14.1. The van der Waals surface area contributed by atoms with Crippen LogP contribution in [0.4, 0.5) is 5.82 Å². The fourth-order valence-corrected chi connectivity index (χ4v) is 2.81. The van der Waals surface area contributed by atoms with Gasteiger partial charge in [0, 0.05) is 15.1 Å². The number of aryl methyl sites for hydroxylation is 1. The first kappa shape index (κ1) is 15.0. The molecule has 2 rings (SSSR count). The van der Waals surface area contributed by atoms with Gasteiger partial charge >= 0.3 is 0 Å². The first-order valence-electron chi connectivity index (χ1n) is 5.80. The minimum absolute atomic E-state index is 0.515. The van der Waals surface area contributed by atoms with Gasteiger partial charge in [-0.1, -0.05) is 40.9 Å². The summed E-state index contributed by atoms with van der Waals surface area (Å²) in [7, 11) is 0. The SMILES string of the molecule is CCCc1nc(-c2cc(Cl)ccc2Br)nc(N)c1I. The van der Waals surface area contributed by atoms with Gasteiger partial charge in [0.2, 0.25) is 0 Å². The highest BCUT2D eigenvalue weighted by Gasteiger charge is 2.13. The van der Waals surface area contributed by atoms with Crippen molar-refractivity contribution in [3.05, 3.63) is 37.0 Å². The van der Waals surface area contributed by atoms with E-state index in [4.69, 9.17) is 17.3 Å². The molecule has 0 aliphatic carbocycles. The van der Waals surface area contributed by atoms with Crippen molar-refractivity contribution in [1.29, 1.82) is 0 Å². The number of anilines is 1. The molecule has 0 saturated heterocycles. The molecular formula is C13H12BrClIN3. The standard InChI is InChI=1S/C13H12BrClIN3/c1-2-3-10-11(16)12(17)19-13(18-10)8-6-7(15)4-5-9(8)14/h4-6H,2-3H2,1H3,(H2,17,18,19). The molecule has 0 spiro atoms. The Morgan fingerprint density at radius 1 is 1.37 bits per heavy atom. The van der Waals surface area contributed by atoms with Gasteiger partial charge in [-0.25, -0.2) is 9.97 Å².